The van der Waals surface area contributed by atoms with Gasteiger partial charge in [-0.2, -0.15) is 5.10 Å². The molecule has 0 spiro atoms. The molecular weight excluding hydrogens is 256 g/mol. The lowest BCUT2D eigenvalue weighted by molar-refractivity contribution is 0.386. The largest absolute Gasteiger partial charge is 0.497 e. The Hall–Kier alpha value is -2.08. The fraction of sp³-hybridized carbons (Fsp3) is 0.429. The van der Waals surface area contributed by atoms with Crippen LogP contribution in [-0.4, -0.2) is 29.4 Å². The van der Waals surface area contributed by atoms with Gasteiger partial charge in [-0.1, -0.05) is 0 Å². The van der Waals surface area contributed by atoms with Gasteiger partial charge in [0.15, 0.2) is 0 Å². The highest BCUT2D eigenvalue weighted by atomic mass is 16.5. The smallest absolute Gasteiger partial charge is 0.141 e. The van der Waals surface area contributed by atoms with Crippen LogP contribution in [0.4, 0.5) is 0 Å². The summed E-state index contributed by atoms with van der Waals surface area (Å²) in [5.74, 6) is 2.44. The first-order valence-corrected chi connectivity index (χ1v) is 6.49. The van der Waals surface area contributed by atoms with E-state index in [1.165, 1.54) is 6.33 Å². The number of nitrogens with zero attached hydrogens (tertiary/aromatic N) is 2. The second-order valence-corrected chi connectivity index (χ2v) is 4.59. The third kappa shape index (κ3) is 3.08. The van der Waals surface area contributed by atoms with E-state index in [4.69, 9.17) is 9.47 Å². The van der Waals surface area contributed by atoms with Crippen molar-refractivity contribution < 1.29 is 9.47 Å². The summed E-state index contributed by atoms with van der Waals surface area (Å²) >= 11 is 0. The number of ether oxygens (including phenoxy) is 2. The molecule has 0 saturated heterocycles. The molecule has 2 rings (SSSR count). The van der Waals surface area contributed by atoms with E-state index in [-0.39, 0.29) is 12.1 Å². The van der Waals surface area contributed by atoms with Gasteiger partial charge in [-0.25, -0.2) is 4.98 Å². The Morgan fingerprint density at radius 1 is 1.15 bits per heavy atom. The van der Waals surface area contributed by atoms with Crippen LogP contribution in [0.1, 0.15) is 37.3 Å². The van der Waals surface area contributed by atoms with Crippen LogP contribution in [0.5, 0.6) is 11.5 Å². The number of nitrogens with one attached hydrogen (secondary N) is 2. The van der Waals surface area contributed by atoms with Crippen LogP contribution in [0.2, 0.25) is 0 Å². The lowest BCUT2D eigenvalue weighted by Crippen LogP contribution is -2.23. The average Bonchev–Trinajstić information content (AvgIpc) is 3.00. The quantitative estimate of drug-likeness (QED) is 0.846. The molecule has 6 heteroatoms. The summed E-state index contributed by atoms with van der Waals surface area (Å²) in [5, 5.41) is 10.2. The molecule has 0 bridgehead atoms. The summed E-state index contributed by atoms with van der Waals surface area (Å²) in [6.45, 7) is 4.10. The zero-order valence-electron chi connectivity index (χ0n) is 12.2. The first-order valence-electron chi connectivity index (χ1n) is 6.49. The van der Waals surface area contributed by atoms with Gasteiger partial charge >= 0.3 is 0 Å². The van der Waals surface area contributed by atoms with Crippen molar-refractivity contribution in [3.8, 4) is 11.5 Å². The van der Waals surface area contributed by atoms with E-state index >= 15 is 0 Å². The van der Waals surface area contributed by atoms with Crippen molar-refractivity contribution in [3.63, 3.8) is 0 Å². The van der Waals surface area contributed by atoms with E-state index in [0.29, 0.717) is 0 Å². The second-order valence-electron chi connectivity index (χ2n) is 4.59. The van der Waals surface area contributed by atoms with Crippen LogP contribution in [0.25, 0.3) is 0 Å². The Morgan fingerprint density at radius 2 is 1.95 bits per heavy atom. The van der Waals surface area contributed by atoms with Crippen molar-refractivity contribution in [2.24, 2.45) is 0 Å². The fourth-order valence-electron chi connectivity index (χ4n) is 2.15. The lowest BCUT2D eigenvalue weighted by Gasteiger charge is -2.21. The third-order valence-corrected chi connectivity index (χ3v) is 3.25. The van der Waals surface area contributed by atoms with Gasteiger partial charge in [-0.3, -0.25) is 5.10 Å². The standard InChI is InChI=1S/C14H20N4O2/c1-9(17-10(2)14-15-8-16-18-14)12-7-11(19-3)5-6-13(12)20-4/h5-10,17H,1-4H3,(H,15,16,18). The van der Waals surface area contributed by atoms with E-state index in [1.807, 2.05) is 25.1 Å². The summed E-state index contributed by atoms with van der Waals surface area (Å²) in [6, 6.07) is 5.91. The first kappa shape index (κ1) is 14.3. The SMILES string of the molecule is COc1ccc(OC)c(C(C)NC(C)c2ncn[nH]2)c1. The van der Waals surface area contributed by atoms with Gasteiger partial charge in [0.25, 0.3) is 0 Å². The Labute approximate surface area is 118 Å². The molecule has 2 N–H and O–H groups in total. The summed E-state index contributed by atoms with van der Waals surface area (Å²) in [7, 11) is 3.32. The van der Waals surface area contributed by atoms with E-state index < -0.39 is 0 Å². The number of benzene rings is 1. The van der Waals surface area contributed by atoms with E-state index in [2.05, 4.69) is 27.4 Å². The van der Waals surface area contributed by atoms with Gasteiger partial charge in [0.2, 0.25) is 0 Å². The Kier molecular flexibility index (Phi) is 4.57. The Morgan fingerprint density at radius 3 is 2.55 bits per heavy atom. The van der Waals surface area contributed by atoms with Gasteiger partial charge in [0.05, 0.1) is 20.3 Å². The summed E-state index contributed by atoms with van der Waals surface area (Å²) in [4.78, 5) is 4.15. The molecule has 1 aromatic carbocycles. The molecule has 0 aliphatic carbocycles. The van der Waals surface area contributed by atoms with Gasteiger partial charge in [-0.05, 0) is 32.0 Å². The maximum Gasteiger partial charge on any atom is 0.141 e. The van der Waals surface area contributed by atoms with Crippen molar-refractivity contribution in [3.05, 3.63) is 35.9 Å². The molecule has 0 radical (unpaired) electrons. The number of hydrogen-bond donors (Lipinski definition) is 2. The van der Waals surface area contributed by atoms with E-state index in [9.17, 15) is 0 Å². The monoisotopic (exact) mass is 276 g/mol. The minimum atomic E-state index is 0.0587. The fourth-order valence-corrected chi connectivity index (χ4v) is 2.15. The minimum Gasteiger partial charge on any atom is -0.497 e. The maximum atomic E-state index is 5.41. The molecule has 0 fully saturated rings. The molecule has 108 valence electrons. The van der Waals surface area contributed by atoms with Gasteiger partial charge in [0.1, 0.15) is 23.7 Å². The highest BCUT2D eigenvalue weighted by Crippen LogP contribution is 2.30. The molecule has 0 aliphatic heterocycles. The van der Waals surface area contributed by atoms with Crippen molar-refractivity contribution >= 4 is 0 Å². The summed E-state index contributed by atoms with van der Waals surface area (Å²) < 4.78 is 10.7. The predicted molar refractivity (Wildman–Crippen MR) is 75.9 cm³/mol. The molecule has 2 aromatic rings. The van der Waals surface area contributed by atoms with E-state index in [1.54, 1.807) is 14.2 Å². The summed E-state index contributed by atoms with van der Waals surface area (Å²) in [6.07, 6.45) is 1.50. The molecule has 0 aliphatic rings. The Balaban J connectivity index is 2.17. The maximum absolute atomic E-state index is 5.41. The molecule has 6 nitrogen and oxygen atoms in total. The zero-order valence-corrected chi connectivity index (χ0v) is 12.2. The van der Waals surface area contributed by atoms with Crippen molar-refractivity contribution in [1.29, 1.82) is 0 Å². The molecule has 1 aromatic heterocycles. The topological polar surface area (TPSA) is 72.1 Å². The number of aromatic amines is 1. The number of aromatic nitrogens is 3. The average molecular weight is 276 g/mol. The normalized spacial score (nSPS) is 13.8. The Bertz CT molecular complexity index is 542. The van der Waals surface area contributed by atoms with Gasteiger partial charge in [0, 0.05) is 11.6 Å². The van der Waals surface area contributed by atoms with Crippen LogP contribution in [-0.2, 0) is 0 Å². The highest BCUT2D eigenvalue weighted by molar-refractivity contribution is 5.42. The molecular formula is C14H20N4O2. The van der Waals surface area contributed by atoms with Crippen LogP contribution in [0.3, 0.4) is 0 Å². The number of methoxy groups -OCH3 is 2. The molecule has 2 unspecified atom stereocenters. The summed E-state index contributed by atoms with van der Waals surface area (Å²) in [5.41, 5.74) is 1.04. The van der Waals surface area contributed by atoms with Crippen LogP contribution in [0.15, 0.2) is 24.5 Å². The minimum absolute atomic E-state index is 0.0587. The van der Waals surface area contributed by atoms with Crippen LogP contribution in [0, 0.1) is 0 Å². The molecule has 0 amide bonds. The number of hydrogen-bond acceptors (Lipinski definition) is 5. The molecule has 20 heavy (non-hydrogen) atoms. The molecule has 0 saturated carbocycles. The van der Waals surface area contributed by atoms with Crippen LogP contribution >= 0.6 is 0 Å². The predicted octanol–water partition coefficient (Wildman–Crippen LogP) is 2.23. The lowest BCUT2D eigenvalue weighted by atomic mass is 10.1. The van der Waals surface area contributed by atoms with Crippen molar-refractivity contribution in [2.45, 2.75) is 25.9 Å². The van der Waals surface area contributed by atoms with Gasteiger partial charge < -0.3 is 14.8 Å². The second kappa shape index (κ2) is 6.38. The van der Waals surface area contributed by atoms with Crippen LogP contribution < -0.4 is 14.8 Å². The highest BCUT2D eigenvalue weighted by Gasteiger charge is 2.17. The van der Waals surface area contributed by atoms with Crippen molar-refractivity contribution in [1.82, 2.24) is 20.5 Å². The molecule has 2 atom stereocenters. The van der Waals surface area contributed by atoms with Crippen molar-refractivity contribution in [2.75, 3.05) is 14.2 Å². The first-order chi connectivity index (χ1) is 9.65. The van der Waals surface area contributed by atoms with E-state index in [0.717, 1.165) is 22.9 Å². The zero-order chi connectivity index (χ0) is 14.5. The number of H-pyrrole nitrogens is 1. The molecule has 1 heterocycles. The third-order valence-electron chi connectivity index (χ3n) is 3.25. The van der Waals surface area contributed by atoms with Gasteiger partial charge in [-0.15, -0.1) is 0 Å². The number of rotatable bonds is 6.